The van der Waals surface area contributed by atoms with Crippen LogP contribution in [0.2, 0.25) is 0 Å². The molecule has 0 fully saturated rings. The fraction of sp³-hybridized carbons (Fsp3) is 0.143. The maximum Gasteiger partial charge on any atom is 0.157 e. The van der Waals surface area contributed by atoms with Crippen LogP contribution in [0.15, 0.2) is 41.3 Å². The van der Waals surface area contributed by atoms with Crippen molar-refractivity contribution in [3.8, 4) is 28.7 Å². The molecule has 3 heterocycles. The van der Waals surface area contributed by atoms with Gasteiger partial charge in [-0.3, -0.25) is 0 Å². The molecule has 1 N–H and O–H groups in total. The van der Waals surface area contributed by atoms with Crippen LogP contribution in [-0.4, -0.2) is 26.1 Å². The second-order valence-electron chi connectivity index (χ2n) is 4.57. The van der Waals surface area contributed by atoms with Gasteiger partial charge in [-0.1, -0.05) is 15.9 Å². The number of benzene rings is 1. The number of fused-ring (bicyclic) bond motifs is 3. The van der Waals surface area contributed by atoms with E-state index in [2.05, 4.69) is 30.5 Å². The summed E-state index contributed by atoms with van der Waals surface area (Å²) in [5, 5.41) is 0. The smallest absolute Gasteiger partial charge is 0.157 e. The quantitative estimate of drug-likeness (QED) is 0.745. The zero-order valence-electron chi connectivity index (χ0n) is 10.5. The molecule has 3 aromatic rings. The van der Waals surface area contributed by atoms with E-state index in [1.54, 1.807) is 12.4 Å². The Kier molecular flexibility index (Phi) is 2.63. The van der Waals surface area contributed by atoms with E-state index in [0.717, 1.165) is 39.7 Å². The van der Waals surface area contributed by atoms with Crippen LogP contribution in [0, 0.1) is 0 Å². The number of halogens is 1. The van der Waals surface area contributed by atoms with Gasteiger partial charge < -0.3 is 14.3 Å². The van der Waals surface area contributed by atoms with Crippen LogP contribution in [0.4, 0.5) is 0 Å². The first-order valence-electron chi connectivity index (χ1n) is 6.31. The Hall–Kier alpha value is -2.08. The number of H-pyrrole nitrogens is 1. The molecular formula is C14H11BrN4O. The summed E-state index contributed by atoms with van der Waals surface area (Å²) in [6.07, 6.45) is 5.54. The van der Waals surface area contributed by atoms with E-state index in [1.807, 2.05) is 24.4 Å². The summed E-state index contributed by atoms with van der Waals surface area (Å²) in [6, 6.07) is 5.98. The summed E-state index contributed by atoms with van der Waals surface area (Å²) in [6.45, 7) is 1.41. The normalized spacial score (nSPS) is 13.2. The van der Waals surface area contributed by atoms with Gasteiger partial charge in [0.15, 0.2) is 5.82 Å². The van der Waals surface area contributed by atoms with Gasteiger partial charge >= 0.3 is 0 Å². The van der Waals surface area contributed by atoms with Gasteiger partial charge in [0.2, 0.25) is 0 Å². The minimum absolute atomic E-state index is 0.635. The molecule has 0 unspecified atom stereocenters. The molecule has 0 amide bonds. The van der Waals surface area contributed by atoms with Crippen molar-refractivity contribution in [1.29, 1.82) is 0 Å². The van der Waals surface area contributed by atoms with E-state index in [9.17, 15) is 0 Å². The molecule has 4 rings (SSSR count). The zero-order valence-corrected chi connectivity index (χ0v) is 12.1. The average molecular weight is 331 g/mol. The number of nitrogens with one attached hydrogen (secondary N) is 1. The Labute approximate surface area is 123 Å². The lowest BCUT2D eigenvalue weighted by Crippen LogP contribution is -2.04. The van der Waals surface area contributed by atoms with Crippen molar-refractivity contribution in [3.63, 3.8) is 0 Å². The van der Waals surface area contributed by atoms with Crippen molar-refractivity contribution in [1.82, 2.24) is 19.5 Å². The molecule has 0 saturated carbocycles. The van der Waals surface area contributed by atoms with Crippen LogP contribution >= 0.6 is 15.9 Å². The third-order valence-corrected chi connectivity index (χ3v) is 3.78. The highest BCUT2D eigenvalue weighted by molar-refractivity contribution is 9.10. The molecule has 100 valence electrons. The predicted molar refractivity (Wildman–Crippen MR) is 78.4 cm³/mol. The summed E-state index contributed by atoms with van der Waals surface area (Å²) < 4.78 is 8.89. The number of aromatic nitrogens is 4. The van der Waals surface area contributed by atoms with Crippen molar-refractivity contribution >= 4 is 15.9 Å². The second-order valence-corrected chi connectivity index (χ2v) is 5.49. The molecule has 20 heavy (non-hydrogen) atoms. The third-order valence-electron chi connectivity index (χ3n) is 3.29. The first kappa shape index (κ1) is 11.7. The summed E-state index contributed by atoms with van der Waals surface area (Å²) in [5.74, 6) is 2.55. The van der Waals surface area contributed by atoms with E-state index in [0.29, 0.717) is 6.61 Å². The summed E-state index contributed by atoms with van der Waals surface area (Å²) in [5.41, 5.74) is 1.84. The third kappa shape index (κ3) is 1.84. The molecule has 2 aromatic heterocycles. The van der Waals surface area contributed by atoms with Crippen LogP contribution < -0.4 is 4.74 Å². The standard InChI is InChI=1S/C14H11BrN4O/c15-9-1-2-12-10(7-9)14-18-11(13-16-3-4-17-13)8-19(14)5-6-20-12/h1-4,7-8H,5-6H2,(H,16,17). The van der Waals surface area contributed by atoms with Crippen molar-refractivity contribution in [3.05, 3.63) is 41.3 Å². The van der Waals surface area contributed by atoms with Crippen molar-refractivity contribution in [2.24, 2.45) is 0 Å². The Balaban J connectivity index is 1.91. The van der Waals surface area contributed by atoms with Crippen molar-refractivity contribution in [2.75, 3.05) is 6.61 Å². The molecule has 0 saturated heterocycles. The molecule has 0 atom stereocenters. The molecule has 1 aromatic carbocycles. The van der Waals surface area contributed by atoms with Crippen molar-refractivity contribution < 1.29 is 4.74 Å². The fourth-order valence-electron chi connectivity index (χ4n) is 2.38. The van der Waals surface area contributed by atoms with E-state index in [1.165, 1.54) is 0 Å². The lowest BCUT2D eigenvalue weighted by Gasteiger charge is -2.06. The molecule has 0 aliphatic carbocycles. The van der Waals surface area contributed by atoms with Gasteiger partial charge in [0, 0.05) is 23.1 Å². The molecule has 5 nitrogen and oxygen atoms in total. The summed E-state index contributed by atoms with van der Waals surface area (Å²) >= 11 is 3.50. The lowest BCUT2D eigenvalue weighted by atomic mass is 10.2. The number of nitrogens with zero attached hydrogens (tertiary/aromatic N) is 3. The summed E-state index contributed by atoms with van der Waals surface area (Å²) in [7, 11) is 0. The highest BCUT2D eigenvalue weighted by atomic mass is 79.9. The van der Waals surface area contributed by atoms with Crippen LogP contribution in [0.1, 0.15) is 0 Å². The Morgan fingerprint density at radius 2 is 2.30 bits per heavy atom. The molecule has 1 aliphatic rings. The Bertz CT molecular complexity index is 764. The van der Waals surface area contributed by atoms with E-state index < -0.39 is 0 Å². The molecule has 0 radical (unpaired) electrons. The minimum atomic E-state index is 0.635. The minimum Gasteiger partial charge on any atom is -0.491 e. The van der Waals surface area contributed by atoms with Gasteiger partial charge in [-0.25, -0.2) is 9.97 Å². The van der Waals surface area contributed by atoms with E-state index in [4.69, 9.17) is 9.72 Å². The Morgan fingerprint density at radius 3 is 3.15 bits per heavy atom. The molecule has 6 heteroatoms. The SMILES string of the molecule is Brc1ccc2c(c1)-c1nc(-c3ncc[nH]3)cn1CCO2. The lowest BCUT2D eigenvalue weighted by molar-refractivity contribution is 0.306. The molecular weight excluding hydrogens is 320 g/mol. The highest BCUT2D eigenvalue weighted by Crippen LogP contribution is 2.35. The summed E-state index contributed by atoms with van der Waals surface area (Å²) in [4.78, 5) is 12.0. The number of hydrogen-bond donors (Lipinski definition) is 1. The van der Waals surface area contributed by atoms with Gasteiger partial charge in [-0.2, -0.15) is 0 Å². The van der Waals surface area contributed by atoms with Gasteiger partial charge in [0.25, 0.3) is 0 Å². The molecule has 0 bridgehead atoms. The second kappa shape index (κ2) is 4.49. The fourth-order valence-corrected chi connectivity index (χ4v) is 2.74. The maximum absolute atomic E-state index is 5.77. The van der Waals surface area contributed by atoms with Crippen LogP contribution in [0.3, 0.4) is 0 Å². The monoisotopic (exact) mass is 330 g/mol. The van der Waals surface area contributed by atoms with E-state index in [-0.39, 0.29) is 0 Å². The van der Waals surface area contributed by atoms with Gasteiger partial charge in [0.1, 0.15) is 23.9 Å². The number of aromatic amines is 1. The first-order chi connectivity index (χ1) is 9.81. The zero-order chi connectivity index (χ0) is 13.5. The Morgan fingerprint density at radius 1 is 1.35 bits per heavy atom. The number of imidazole rings is 2. The van der Waals surface area contributed by atoms with E-state index >= 15 is 0 Å². The maximum atomic E-state index is 5.77. The first-order valence-corrected chi connectivity index (χ1v) is 7.10. The van der Waals surface area contributed by atoms with Crippen LogP contribution in [0.5, 0.6) is 5.75 Å². The largest absolute Gasteiger partial charge is 0.491 e. The van der Waals surface area contributed by atoms with Crippen LogP contribution in [-0.2, 0) is 6.54 Å². The van der Waals surface area contributed by atoms with Crippen LogP contribution in [0.25, 0.3) is 22.9 Å². The number of ether oxygens (including phenoxy) is 1. The average Bonchev–Trinajstić information content (AvgIpc) is 3.07. The van der Waals surface area contributed by atoms with Gasteiger partial charge in [-0.15, -0.1) is 0 Å². The van der Waals surface area contributed by atoms with Crippen molar-refractivity contribution in [2.45, 2.75) is 6.54 Å². The molecule has 1 aliphatic heterocycles. The number of rotatable bonds is 1. The topological polar surface area (TPSA) is 55.7 Å². The number of hydrogen-bond acceptors (Lipinski definition) is 3. The predicted octanol–water partition coefficient (Wildman–Crippen LogP) is 3.10. The van der Waals surface area contributed by atoms with Gasteiger partial charge in [0.05, 0.1) is 12.1 Å². The highest BCUT2D eigenvalue weighted by Gasteiger charge is 2.19. The molecule has 0 spiro atoms. The van der Waals surface area contributed by atoms with Gasteiger partial charge in [-0.05, 0) is 18.2 Å².